The Kier molecular flexibility index (Phi) is 3.83. The van der Waals surface area contributed by atoms with Crippen LogP contribution in [-0.2, 0) is 6.42 Å². The Hall–Kier alpha value is -2.23. The lowest BCUT2D eigenvalue weighted by Gasteiger charge is -2.28. The number of rotatable bonds is 4. The van der Waals surface area contributed by atoms with Crippen LogP contribution in [0.5, 0.6) is 0 Å². The molecular weight excluding hydrogens is 300 g/mol. The molecule has 0 unspecified atom stereocenters. The monoisotopic (exact) mass is 322 g/mol. The zero-order valence-corrected chi connectivity index (χ0v) is 13.8. The van der Waals surface area contributed by atoms with Crippen molar-refractivity contribution in [1.29, 1.82) is 0 Å². The molecule has 2 saturated carbocycles. The first kappa shape index (κ1) is 15.3. The molecule has 0 bridgehead atoms. The summed E-state index contributed by atoms with van der Waals surface area (Å²) in [6.45, 7) is 0. The van der Waals surface area contributed by atoms with Gasteiger partial charge < -0.3 is 4.98 Å². The van der Waals surface area contributed by atoms with Crippen LogP contribution in [0.4, 0.5) is 5.69 Å². The van der Waals surface area contributed by atoms with E-state index in [2.05, 4.69) is 10.2 Å². The van der Waals surface area contributed by atoms with Crippen LogP contribution in [0.1, 0.15) is 44.2 Å². The van der Waals surface area contributed by atoms with Crippen molar-refractivity contribution in [2.45, 2.75) is 44.9 Å². The van der Waals surface area contributed by atoms with E-state index in [1.807, 2.05) is 30.3 Å². The smallest absolute Gasteiger partial charge is 0.258 e. The highest BCUT2D eigenvalue weighted by atomic mass is 16.3. The third-order valence-electron chi connectivity index (χ3n) is 5.86. The van der Waals surface area contributed by atoms with Crippen molar-refractivity contribution in [3.63, 3.8) is 0 Å². The van der Waals surface area contributed by atoms with Gasteiger partial charge >= 0.3 is 0 Å². The van der Waals surface area contributed by atoms with Crippen molar-refractivity contribution in [1.82, 2.24) is 4.98 Å². The molecule has 4 rings (SSSR count). The predicted octanol–water partition coefficient (Wildman–Crippen LogP) is 4.95. The van der Waals surface area contributed by atoms with Gasteiger partial charge in [-0.1, -0.05) is 30.3 Å². The van der Waals surface area contributed by atoms with Crippen molar-refractivity contribution in [2.24, 2.45) is 16.5 Å². The lowest BCUT2D eigenvalue weighted by molar-refractivity contribution is 0.255. The lowest BCUT2D eigenvalue weighted by Crippen LogP contribution is -2.19. The van der Waals surface area contributed by atoms with E-state index in [0.29, 0.717) is 16.9 Å². The summed E-state index contributed by atoms with van der Waals surface area (Å²) in [4.78, 5) is 26.8. The molecule has 0 saturated heterocycles. The highest BCUT2D eigenvalue weighted by Crippen LogP contribution is 2.57. The molecule has 1 N–H and O–H groups in total. The molecule has 0 aliphatic heterocycles. The highest BCUT2D eigenvalue weighted by Gasteiger charge is 2.44. The minimum absolute atomic E-state index is 0.220. The van der Waals surface area contributed by atoms with Gasteiger partial charge in [0.2, 0.25) is 0 Å². The number of aromatic amines is 1. The number of aromatic nitrogens is 1. The average molecular weight is 322 g/mol. The molecule has 2 fully saturated rings. The number of pyridine rings is 1. The first-order chi connectivity index (χ1) is 11.7. The molecule has 1 spiro atoms. The molecule has 0 atom stereocenters. The second-order valence-corrected chi connectivity index (χ2v) is 7.49. The number of nitrogens with one attached hydrogen (secondary N) is 1. The molecule has 4 nitrogen and oxygen atoms in total. The summed E-state index contributed by atoms with van der Waals surface area (Å²) in [5, 5.41) is 3.12. The van der Waals surface area contributed by atoms with Gasteiger partial charge in [-0.25, -0.2) is 0 Å². The van der Waals surface area contributed by atoms with Gasteiger partial charge in [-0.05, 0) is 73.1 Å². The van der Waals surface area contributed by atoms with Crippen LogP contribution in [0.25, 0.3) is 11.1 Å². The minimum atomic E-state index is -0.220. The van der Waals surface area contributed by atoms with Crippen LogP contribution in [-0.4, -0.2) is 4.98 Å². The molecule has 24 heavy (non-hydrogen) atoms. The van der Waals surface area contributed by atoms with Crippen molar-refractivity contribution in [2.75, 3.05) is 0 Å². The number of nitroso groups, excluding NO2 is 1. The summed E-state index contributed by atoms with van der Waals surface area (Å²) < 4.78 is 0. The maximum atomic E-state index is 12.5. The van der Waals surface area contributed by atoms with E-state index in [0.717, 1.165) is 17.7 Å². The maximum absolute atomic E-state index is 12.5. The fourth-order valence-corrected chi connectivity index (χ4v) is 4.15. The molecule has 2 aliphatic carbocycles. The first-order valence-electron chi connectivity index (χ1n) is 8.84. The van der Waals surface area contributed by atoms with E-state index in [1.165, 1.54) is 38.5 Å². The lowest BCUT2D eigenvalue weighted by atomic mass is 9.78. The first-order valence-corrected chi connectivity index (χ1v) is 8.84. The Morgan fingerprint density at radius 1 is 1.08 bits per heavy atom. The van der Waals surface area contributed by atoms with Gasteiger partial charge in [0.15, 0.2) is 0 Å². The zero-order valence-electron chi connectivity index (χ0n) is 13.8. The minimum Gasteiger partial charge on any atom is -0.326 e. The van der Waals surface area contributed by atoms with E-state index in [4.69, 9.17) is 0 Å². The Bertz CT molecular complexity index is 796. The van der Waals surface area contributed by atoms with Gasteiger partial charge in [0.1, 0.15) is 5.69 Å². The van der Waals surface area contributed by atoms with Gasteiger partial charge in [-0.3, -0.25) is 4.79 Å². The molecule has 4 heteroatoms. The quantitative estimate of drug-likeness (QED) is 0.809. The molecule has 1 aromatic carbocycles. The second-order valence-electron chi connectivity index (χ2n) is 7.49. The summed E-state index contributed by atoms with van der Waals surface area (Å²) in [5.74, 6) is 0.606. The number of benzene rings is 1. The molecule has 2 aliphatic rings. The summed E-state index contributed by atoms with van der Waals surface area (Å²) >= 11 is 0. The van der Waals surface area contributed by atoms with Crippen LogP contribution in [0.3, 0.4) is 0 Å². The van der Waals surface area contributed by atoms with E-state index in [9.17, 15) is 9.70 Å². The third-order valence-corrected chi connectivity index (χ3v) is 5.86. The SMILES string of the molecule is O=Nc1cc(CC2CCC3(CC2)CC3)[nH]c(=O)c1-c1ccccc1. The Morgan fingerprint density at radius 2 is 1.79 bits per heavy atom. The average Bonchev–Trinajstić information content (AvgIpc) is 3.37. The number of nitrogens with zero attached hydrogens (tertiary/aromatic N) is 1. The molecule has 1 aromatic heterocycles. The zero-order chi connectivity index (χ0) is 16.6. The fraction of sp³-hybridized carbons (Fsp3) is 0.450. The van der Waals surface area contributed by atoms with Gasteiger partial charge in [0.05, 0.1) is 5.56 Å². The van der Waals surface area contributed by atoms with E-state index >= 15 is 0 Å². The van der Waals surface area contributed by atoms with Crippen LogP contribution < -0.4 is 5.56 Å². The van der Waals surface area contributed by atoms with Crippen molar-refractivity contribution in [3.05, 3.63) is 57.4 Å². The topological polar surface area (TPSA) is 62.3 Å². The molecular formula is C20H22N2O2. The van der Waals surface area contributed by atoms with Crippen LogP contribution in [0.2, 0.25) is 0 Å². The molecule has 124 valence electrons. The fourth-order valence-electron chi connectivity index (χ4n) is 4.15. The molecule has 0 radical (unpaired) electrons. The molecule has 1 heterocycles. The molecule has 2 aromatic rings. The number of hydrogen-bond acceptors (Lipinski definition) is 3. The largest absolute Gasteiger partial charge is 0.326 e. The van der Waals surface area contributed by atoms with Gasteiger partial charge in [-0.15, -0.1) is 4.91 Å². The Labute approximate surface area is 141 Å². The van der Waals surface area contributed by atoms with Crippen LogP contribution >= 0.6 is 0 Å². The van der Waals surface area contributed by atoms with Gasteiger partial charge in [-0.2, -0.15) is 0 Å². The third kappa shape index (κ3) is 2.93. The summed E-state index contributed by atoms with van der Waals surface area (Å²) in [6, 6.07) is 11.0. The Morgan fingerprint density at radius 3 is 2.42 bits per heavy atom. The van der Waals surface area contributed by atoms with Gasteiger partial charge in [0.25, 0.3) is 5.56 Å². The second kappa shape index (κ2) is 6.00. The van der Waals surface area contributed by atoms with E-state index in [-0.39, 0.29) is 11.2 Å². The normalized spacial score (nSPS) is 19.3. The predicted molar refractivity (Wildman–Crippen MR) is 95.3 cm³/mol. The number of hydrogen-bond donors (Lipinski definition) is 1. The standard InChI is InChI=1S/C20H22N2O2/c23-19-18(15-4-2-1-3-5-15)17(22-24)13-16(21-19)12-14-6-8-20(9-7-14)10-11-20/h1-5,13-14H,6-12H2,(H,21,23). The van der Waals surface area contributed by atoms with E-state index < -0.39 is 0 Å². The summed E-state index contributed by atoms with van der Waals surface area (Å²) in [6.07, 6.45) is 8.75. The van der Waals surface area contributed by atoms with Crippen molar-refractivity contribution in [3.8, 4) is 11.1 Å². The summed E-state index contributed by atoms with van der Waals surface area (Å²) in [7, 11) is 0. The van der Waals surface area contributed by atoms with Crippen LogP contribution in [0.15, 0.2) is 46.4 Å². The van der Waals surface area contributed by atoms with Crippen LogP contribution in [0, 0.1) is 16.2 Å². The summed E-state index contributed by atoms with van der Waals surface area (Å²) in [5.41, 5.74) is 2.64. The highest BCUT2D eigenvalue weighted by molar-refractivity contribution is 5.74. The number of H-pyrrole nitrogens is 1. The maximum Gasteiger partial charge on any atom is 0.258 e. The van der Waals surface area contributed by atoms with Crippen molar-refractivity contribution >= 4 is 5.69 Å². The Balaban J connectivity index is 1.58. The van der Waals surface area contributed by atoms with Crippen molar-refractivity contribution < 1.29 is 0 Å². The molecule has 0 amide bonds. The van der Waals surface area contributed by atoms with E-state index in [1.54, 1.807) is 6.07 Å². The van der Waals surface area contributed by atoms with Gasteiger partial charge in [0, 0.05) is 5.69 Å².